The molecule has 86 valence electrons. The molecule has 2 atom stereocenters. The van der Waals surface area contributed by atoms with E-state index in [1.54, 1.807) is 0 Å². The van der Waals surface area contributed by atoms with Crippen LogP contribution in [0.5, 0.6) is 0 Å². The summed E-state index contributed by atoms with van der Waals surface area (Å²) in [5.41, 5.74) is 2.91. The molecule has 0 aliphatic heterocycles. The van der Waals surface area contributed by atoms with E-state index in [1.807, 2.05) is 6.92 Å². The van der Waals surface area contributed by atoms with Crippen molar-refractivity contribution < 1.29 is 5.11 Å². The van der Waals surface area contributed by atoms with E-state index < -0.39 is 0 Å². The Kier molecular flexibility index (Phi) is 3.77. The fourth-order valence-electron chi connectivity index (χ4n) is 2.64. The molecule has 0 saturated carbocycles. The molecule has 1 N–H and O–H groups in total. The molecule has 0 aromatic heterocycles. The molecule has 1 aliphatic rings. The monoisotopic (exact) mass is 208 g/mol. The SMILES string of the molecule is CC(=CC(C)C1CC=C(C)C1(C)C)CO. The average molecular weight is 208 g/mol. The van der Waals surface area contributed by atoms with Crippen LogP contribution in [0.4, 0.5) is 0 Å². The van der Waals surface area contributed by atoms with Crippen molar-refractivity contribution in [1.82, 2.24) is 0 Å². The van der Waals surface area contributed by atoms with Crippen molar-refractivity contribution in [2.75, 3.05) is 6.61 Å². The Morgan fingerprint density at radius 2 is 2.27 bits per heavy atom. The third-order valence-electron chi connectivity index (χ3n) is 4.05. The summed E-state index contributed by atoms with van der Waals surface area (Å²) in [6.07, 6.45) is 5.76. The molecule has 1 heteroatoms. The van der Waals surface area contributed by atoms with Crippen LogP contribution in [0.25, 0.3) is 0 Å². The fraction of sp³-hybridized carbons (Fsp3) is 0.714. The Morgan fingerprint density at radius 1 is 1.67 bits per heavy atom. The number of allylic oxidation sites excluding steroid dienone is 3. The first-order valence-electron chi connectivity index (χ1n) is 5.85. The smallest absolute Gasteiger partial charge is 0.0639 e. The van der Waals surface area contributed by atoms with E-state index >= 15 is 0 Å². The minimum atomic E-state index is 0.184. The van der Waals surface area contributed by atoms with E-state index in [1.165, 1.54) is 12.0 Å². The fourth-order valence-corrected chi connectivity index (χ4v) is 2.64. The molecular weight excluding hydrogens is 184 g/mol. The van der Waals surface area contributed by atoms with Gasteiger partial charge in [-0.15, -0.1) is 0 Å². The van der Waals surface area contributed by atoms with Crippen molar-refractivity contribution in [2.24, 2.45) is 17.3 Å². The molecule has 0 bridgehead atoms. The third kappa shape index (κ3) is 2.52. The second kappa shape index (κ2) is 4.52. The van der Waals surface area contributed by atoms with Gasteiger partial charge >= 0.3 is 0 Å². The van der Waals surface area contributed by atoms with Crippen molar-refractivity contribution in [3.05, 3.63) is 23.3 Å². The Hall–Kier alpha value is -0.560. The summed E-state index contributed by atoms with van der Waals surface area (Å²) in [4.78, 5) is 0. The van der Waals surface area contributed by atoms with Gasteiger partial charge in [0.05, 0.1) is 6.61 Å². The first kappa shape index (κ1) is 12.5. The van der Waals surface area contributed by atoms with Gasteiger partial charge in [-0.2, -0.15) is 0 Å². The van der Waals surface area contributed by atoms with Crippen LogP contribution in [0.15, 0.2) is 23.3 Å². The van der Waals surface area contributed by atoms with Gasteiger partial charge in [0.25, 0.3) is 0 Å². The molecule has 0 saturated heterocycles. The summed E-state index contributed by atoms with van der Waals surface area (Å²) >= 11 is 0. The summed E-state index contributed by atoms with van der Waals surface area (Å²) in [7, 11) is 0. The number of hydrogen-bond donors (Lipinski definition) is 1. The zero-order valence-electron chi connectivity index (χ0n) is 10.7. The highest BCUT2D eigenvalue weighted by atomic mass is 16.3. The second-order valence-electron chi connectivity index (χ2n) is 5.48. The molecular formula is C14H24O. The summed E-state index contributed by atoms with van der Waals surface area (Å²) in [6, 6.07) is 0. The van der Waals surface area contributed by atoms with E-state index in [9.17, 15) is 0 Å². The van der Waals surface area contributed by atoms with Crippen molar-refractivity contribution in [2.45, 2.75) is 41.0 Å². The topological polar surface area (TPSA) is 20.2 Å². The van der Waals surface area contributed by atoms with Gasteiger partial charge in [0.15, 0.2) is 0 Å². The number of aliphatic hydroxyl groups is 1. The molecule has 0 heterocycles. The van der Waals surface area contributed by atoms with Gasteiger partial charge in [-0.3, -0.25) is 0 Å². The molecule has 0 spiro atoms. The van der Waals surface area contributed by atoms with Gasteiger partial charge in [0.2, 0.25) is 0 Å². The van der Waals surface area contributed by atoms with Crippen LogP contribution in [-0.4, -0.2) is 11.7 Å². The predicted octanol–water partition coefficient (Wildman–Crippen LogP) is 3.55. The zero-order valence-corrected chi connectivity index (χ0v) is 10.7. The van der Waals surface area contributed by atoms with E-state index in [0.29, 0.717) is 17.3 Å². The molecule has 1 rings (SSSR count). The Morgan fingerprint density at radius 3 is 2.67 bits per heavy atom. The van der Waals surface area contributed by atoms with Crippen LogP contribution >= 0.6 is 0 Å². The Balaban J connectivity index is 2.76. The summed E-state index contributed by atoms with van der Waals surface area (Å²) < 4.78 is 0. The van der Waals surface area contributed by atoms with Gasteiger partial charge in [0.1, 0.15) is 0 Å². The lowest BCUT2D eigenvalue weighted by molar-refractivity contribution is 0.237. The van der Waals surface area contributed by atoms with Crippen molar-refractivity contribution >= 4 is 0 Å². The van der Waals surface area contributed by atoms with Crippen molar-refractivity contribution in [3.63, 3.8) is 0 Å². The van der Waals surface area contributed by atoms with Crippen LogP contribution in [0, 0.1) is 17.3 Å². The highest BCUT2D eigenvalue weighted by Crippen LogP contribution is 2.47. The van der Waals surface area contributed by atoms with Gasteiger partial charge in [0, 0.05) is 0 Å². The molecule has 0 radical (unpaired) electrons. The first-order chi connectivity index (χ1) is 6.89. The lowest BCUT2D eigenvalue weighted by Crippen LogP contribution is -2.25. The molecule has 2 unspecified atom stereocenters. The molecule has 0 amide bonds. The Bertz CT molecular complexity index is 284. The maximum atomic E-state index is 9.03. The summed E-state index contributed by atoms with van der Waals surface area (Å²) in [6.45, 7) is 11.3. The summed E-state index contributed by atoms with van der Waals surface area (Å²) in [5.74, 6) is 1.22. The van der Waals surface area contributed by atoms with Crippen LogP contribution in [0.1, 0.15) is 41.0 Å². The lowest BCUT2D eigenvalue weighted by Gasteiger charge is -2.33. The van der Waals surface area contributed by atoms with Gasteiger partial charge in [-0.1, -0.05) is 44.1 Å². The maximum Gasteiger partial charge on any atom is 0.0639 e. The van der Waals surface area contributed by atoms with Crippen LogP contribution < -0.4 is 0 Å². The van der Waals surface area contributed by atoms with E-state index in [0.717, 1.165) is 5.57 Å². The van der Waals surface area contributed by atoms with E-state index in [-0.39, 0.29) is 6.61 Å². The molecule has 0 fully saturated rings. The first-order valence-corrected chi connectivity index (χ1v) is 5.85. The number of rotatable bonds is 3. The predicted molar refractivity (Wildman–Crippen MR) is 65.7 cm³/mol. The Labute approximate surface area is 93.9 Å². The molecule has 15 heavy (non-hydrogen) atoms. The highest BCUT2D eigenvalue weighted by Gasteiger charge is 2.37. The van der Waals surface area contributed by atoms with Crippen molar-refractivity contribution in [1.29, 1.82) is 0 Å². The largest absolute Gasteiger partial charge is 0.392 e. The zero-order chi connectivity index (χ0) is 11.6. The van der Waals surface area contributed by atoms with E-state index in [4.69, 9.17) is 5.11 Å². The molecule has 0 aromatic rings. The van der Waals surface area contributed by atoms with Gasteiger partial charge < -0.3 is 5.11 Å². The van der Waals surface area contributed by atoms with Gasteiger partial charge in [-0.25, -0.2) is 0 Å². The highest BCUT2D eigenvalue weighted by molar-refractivity contribution is 5.20. The average Bonchev–Trinajstić information content (AvgIpc) is 2.41. The van der Waals surface area contributed by atoms with Crippen LogP contribution in [0.3, 0.4) is 0 Å². The molecule has 1 nitrogen and oxygen atoms in total. The van der Waals surface area contributed by atoms with Crippen LogP contribution in [0.2, 0.25) is 0 Å². The second-order valence-corrected chi connectivity index (χ2v) is 5.48. The third-order valence-corrected chi connectivity index (χ3v) is 4.05. The number of aliphatic hydroxyl groups excluding tert-OH is 1. The maximum absolute atomic E-state index is 9.03. The molecule has 0 aromatic carbocycles. The lowest BCUT2D eigenvalue weighted by atomic mass is 9.71. The summed E-state index contributed by atoms with van der Waals surface area (Å²) in [5, 5.41) is 9.03. The quantitative estimate of drug-likeness (QED) is 0.703. The standard InChI is InChI=1S/C14H24O/c1-10(9-15)8-11(2)13-7-6-12(3)14(13,4)5/h6,8,11,13,15H,7,9H2,1-5H3. The normalized spacial score (nSPS) is 27.7. The van der Waals surface area contributed by atoms with Gasteiger partial charge in [-0.05, 0) is 37.5 Å². The minimum Gasteiger partial charge on any atom is -0.392 e. The molecule has 1 aliphatic carbocycles. The minimum absolute atomic E-state index is 0.184. The number of hydrogen-bond acceptors (Lipinski definition) is 1. The van der Waals surface area contributed by atoms with Crippen molar-refractivity contribution in [3.8, 4) is 0 Å². The van der Waals surface area contributed by atoms with Crippen LogP contribution in [-0.2, 0) is 0 Å². The van der Waals surface area contributed by atoms with E-state index in [2.05, 4.69) is 39.8 Å².